The zero-order valence-electron chi connectivity index (χ0n) is 11.5. The van der Waals surface area contributed by atoms with Crippen molar-refractivity contribution in [1.82, 2.24) is 5.32 Å². The summed E-state index contributed by atoms with van der Waals surface area (Å²) in [6.07, 6.45) is 0.874. The first kappa shape index (κ1) is 16.0. The van der Waals surface area contributed by atoms with Gasteiger partial charge >= 0.3 is 0 Å². The van der Waals surface area contributed by atoms with Crippen LogP contribution in [-0.4, -0.2) is 6.54 Å². The monoisotopic (exact) mass is 357 g/mol. The van der Waals surface area contributed by atoms with Crippen LogP contribution in [0.2, 0.25) is 0 Å². The third-order valence-electron chi connectivity index (χ3n) is 3.15. The van der Waals surface area contributed by atoms with E-state index < -0.39 is 17.5 Å². The zero-order chi connectivity index (χ0) is 15.4. The van der Waals surface area contributed by atoms with Crippen molar-refractivity contribution in [2.24, 2.45) is 0 Å². The molecular weight excluding hydrogens is 343 g/mol. The van der Waals surface area contributed by atoms with Crippen LogP contribution in [0.15, 0.2) is 40.9 Å². The molecule has 2 rings (SSSR count). The molecular formula is C16H15BrF3N. The van der Waals surface area contributed by atoms with Gasteiger partial charge in [0.2, 0.25) is 0 Å². The highest BCUT2D eigenvalue weighted by molar-refractivity contribution is 9.10. The fourth-order valence-corrected chi connectivity index (χ4v) is 2.35. The fraction of sp³-hybridized carbons (Fsp3) is 0.250. The van der Waals surface area contributed by atoms with Gasteiger partial charge in [0.1, 0.15) is 5.82 Å². The van der Waals surface area contributed by atoms with Crippen LogP contribution >= 0.6 is 15.9 Å². The number of rotatable bonds is 5. The van der Waals surface area contributed by atoms with E-state index in [1.165, 1.54) is 12.1 Å². The van der Waals surface area contributed by atoms with Crippen LogP contribution < -0.4 is 5.32 Å². The smallest absolute Gasteiger partial charge is 0.159 e. The Morgan fingerprint density at radius 2 is 1.57 bits per heavy atom. The number of halogens is 4. The Bertz CT molecular complexity index is 579. The topological polar surface area (TPSA) is 12.0 Å². The minimum absolute atomic E-state index is 0.366. The summed E-state index contributed by atoms with van der Waals surface area (Å²) in [5.74, 6) is -2.19. The Labute approximate surface area is 130 Å². The molecule has 112 valence electrons. The molecule has 5 heteroatoms. The van der Waals surface area contributed by atoms with Gasteiger partial charge in [0, 0.05) is 0 Å². The molecule has 0 radical (unpaired) electrons. The van der Waals surface area contributed by atoms with Gasteiger partial charge in [0.25, 0.3) is 0 Å². The van der Waals surface area contributed by atoms with Crippen molar-refractivity contribution in [2.75, 3.05) is 6.54 Å². The van der Waals surface area contributed by atoms with Gasteiger partial charge < -0.3 is 5.32 Å². The van der Waals surface area contributed by atoms with Gasteiger partial charge in [0.05, 0.1) is 10.5 Å². The zero-order valence-corrected chi connectivity index (χ0v) is 13.1. The molecule has 0 aliphatic heterocycles. The first-order valence-electron chi connectivity index (χ1n) is 6.66. The maximum Gasteiger partial charge on any atom is 0.159 e. The number of hydrogen-bond donors (Lipinski definition) is 1. The summed E-state index contributed by atoms with van der Waals surface area (Å²) in [6, 6.07) is 8.09. The lowest BCUT2D eigenvalue weighted by molar-refractivity contribution is 0.503. The Hall–Kier alpha value is -1.33. The van der Waals surface area contributed by atoms with Crippen LogP contribution in [-0.2, 0) is 0 Å². The molecule has 0 bridgehead atoms. The van der Waals surface area contributed by atoms with E-state index in [1.807, 2.05) is 6.92 Å². The van der Waals surface area contributed by atoms with Crippen LogP contribution in [0.5, 0.6) is 0 Å². The highest BCUT2D eigenvalue weighted by Gasteiger charge is 2.16. The van der Waals surface area contributed by atoms with E-state index in [0.29, 0.717) is 22.1 Å². The molecule has 1 unspecified atom stereocenters. The van der Waals surface area contributed by atoms with Gasteiger partial charge in [-0.05, 0) is 64.3 Å². The molecule has 0 aliphatic carbocycles. The van der Waals surface area contributed by atoms with E-state index in [-0.39, 0.29) is 6.04 Å². The van der Waals surface area contributed by atoms with E-state index >= 15 is 0 Å². The molecule has 0 saturated heterocycles. The SMILES string of the molecule is CCCNC(c1ccc(F)c(F)c1)c1ccc(Br)c(F)c1. The number of hydrogen-bond acceptors (Lipinski definition) is 1. The minimum Gasteiger partial charge on any atom is -0.306 e. The average Bonchev–Trinajstić information content (AvgIpc) is 2.46. The second-order valence-electron chi connectivity index (χ2n) is 4.73. The third kappa shape index (κ3) is 3.86. The molecule has 0 aliphatic rings. The van der Waals surface area contributed by atoms with E-state index in [2.05, 4.69) is 21.2 Å². The summed E-state index contributed by atoms with van der Waals surface area (Å²) in [7, 11) is 0. The minimum atomic E-state index is -0.909. The highest BCUT2D eigenvalue weighted by Crippen LogP contribution is 2.26. The van der Waals surface area contributed by atoms with E-state index in [4.69, 9.17) is 0 Å². The lowest BCUT2D eigenvalue weighted by Crippen LogP contribution is -2.23. The molecule has 21 heavy (non-hydrogen) atoms. The van der Waals surface area contributed by atoms with Crippen molar-refractivity contribution in [3.63, 3.8) is 0 Å². The lowest BCUT2D eigenvalue weighted by Gasteiger charge is -2.20. The molecule has 1 nitrogen and oxygen atoms in total. The molecule has 1 atom stereocenters. The highest BCUT2D eigenvalue weighted by atomic mass is 79.9. The van der Waals surface area contributed by atoms with Gasteiger partial charge in [-0.1, -0.05) is 19.1 Å². The maximum absolute atomic E-state index is 13.7. The Kier molecular flexibility index (Phi) is 5.42. The fourth-order valence-electron chi connectivity index (χ4n) is 2.10. The molecule has 2 aromatic rings. The second-order valence-corrected chi connectivity index (χ2v) is 5.59. The summed E-state index contributed by atoms with van der Waals surface area (Å²) >= 11 is 3.10. The van der Waals surface area contributed by atoms with Crippen LogP contribution in [0.3, 0.4) is 0 Å². The Balaban J connectivity index is 2.41. The quantitative estimate of drug-likeness (QED) is 0.797. The Morgan fingerprint density at radius 1 is 0.952 bits per heavy atom. The molecule has 0 aromatic heterocycles. The molecule has 1 N–H and O–H groups in total. The largest absolute Gasteiger partial charge is 0.306 e. The summed E-state index contributed by atoms with van der Waals surface area (Å²) in [5.41, 5.74) is 1.22. The van der Waals surface area contributed by atoms with Crippen molar-refractivity contribution in [1.29, 1.82) is 0 Å². The molecule has 0 saturated carbocycles. The Morgan fingerprint density at radius 3 is 2.14 bits per heavy atom. The van der Waals surface area contributed by atoms with Gasteiger partial charge in [-0.2, -0.15) is 0 Å². The van der Waals surface area contributed by atoms with Gasteiger partial charge in [-0.25, -0.2) is 13.2 Å². The summed E-state index contributed by atoms with van der Waals surface area (Å²) < 4.78 is 40.6. The van der Waals surface area contributed by atoms with Crippen molar-refractivity contribution in [3.05, 3.63) is 69.4 Å². The van der Waals surface area contributed by atoms with Crippen molar-refractivity contribution in [2.45, 2.75) is 19.4 Å². The molecule has 0 amide bonds. The molecule has 0 heterocycles. The van der Waals surface area contributed by atoms with Crippen molar-refractivity contribution in [3.8, 4) is 0 Å². The first-order valence-corrected chi connectivity index (χ1v) is 7.45. The lowest BCUT2D eigenvalue weighted by atomic mass is 9.98. The van der Waals surface area contributed by atoms with Crippen LogP contribution in [0, 0.1) is 17.5 Å². The van der Waals surface area contributed by atoms with Crippen LogP contribution in [0.25, 0.3) is 0 Å². The molecule has 0 spiro atoms. The number of benzene rings is 2. The average molecular weight is 358 g/mol. The van der Waals surface area contributed by atoms with Crippen molar-refractivity contribution >= 4 is 15.9 Å². The second kappa shape index (κ2) is 7.09. The summed E-state index contributed by atoms with van der Waals surface area (Å²) in [4.78, 5) is 0. The van der Waals surface area contributed by atoms with Crippen LogP contribution in [0.4, 0.5) is 13.2 Å². The third-order valence-corrected chi connectivity index (χ3v) is 3.80. The number of nitrogens with one attached hydrogen (secondary N) is 1. The van der Waals surface area contributed by atoms with Crippen LogP contribution in [0.1, 0.15) is 30.5 Å². The van der Waals surface area contributed by atoms with E-state index in [1.54, 1.807) is 12.1 Å². The molecule has 2 aromatic carbocycles. The van der Waals surface area contributed by atoms with E-state index in [0.717, 1.165) is 18.6 Å². The standard InChI is InChI=1S/C16H15BrF3N/c1-2-7-21-16(10-3-5-12(17)14(19)8-10)11-4-6-13(18)15(20)9-11/h3-6,8-9,16,21H,2,7H2,1H3. The summed E-state index contributed by atoms with van der Waals surface area (Å²) in [5, 5.41) is 3.22. The van der Waals surface area contributed by atoms with E-state index in [9.17, 15) is 13.2 Å². The van der Waals surface area contributed by atoms with Gasteiger partial charge in [0.15, 0.2) is 11.6 Å². The predicted octanol–water partition coefficient (Wildman–Crippen LogP) is 4.96. The normalized spacial score (nSPS) is 12.4. The maximum atomic E-state index is 13.7. The molecule has 0 fully saturated rings. The predicted molar refractivity (Wildman–Crippen MR) is 80.6 cm³/mol. The van der Waals surface area contributed by atoms with Gasteiger partial charge in [-0.3, -0.25) is 0 Å². The van der Waals surface area contributed by atoms with Gasteiger partial charge in [-0.15, -0.1) is 0 Å². The first-order chi connectivity index (χ1) is 10.0. The summed E-state index contributed by atoms with van der Waals surface area (Å²) in [6.45, 7) is 2.68. The van der Waals surface area contributed by atoms with Crippen molar-refractivity contribution < 1.29 is 13.2 Å².